The minimum atomic E-state index is -0.544. The van der Waals surface area contributed by atoms with E-state index in [4.69, 9.17) is 4.74 Å². The van der Waals surface area contributed by atoms with Crippen LogP contribution in [0, 0.1) is 0 Å². The summed E-state index contributed by atoms with van der Waals surface area (Å²) in [6.07, 6.45) is 1.47. The first-order valence-electron chi connectivity index (χ1n) is 3.81. The summed E-state index contributed by atoms with van der Waals surface area (Å²) in [4.78, 5) is 11.2. The SMILES string of the molecule is C=CCOC(=O)c1ccccc1O.[CaH2]. The Morgan fingerprint density at radius 1 is 1.50 bits per heavy atom. The van der Waals surface area contributed by atoms with Gasteiger partial charge in [-0.15, -0.1) is 0 Å². The van der Waals surface area contributed by atoms with E-state index < -0.39 is 5.97 Å². The van der Waals surface area contributed by atoms with Crippen molar-refractivity contribution in [2.45, 2.75) is 0 Å². The summed E-state index contributed by atoms with van der Waals surface area (Å²) in [6, 6.07) is 6.23. The number of hydrogen-bond donors (Lipinski definition) is 1. The van der Waals surface area contributed by atoms with Crippen LogP contribution in [-0.4, -0.2) is 55.4 Å². The van der Waals surface area contributed by atoms with Gasteiger partial charge < -0.3 is 9.84 Å². The van der Waals surface area contributed by atoms with Gasteiger partial charge in [-0.3, -0.25) is 0 Å². The molecule has 1 aromatic carbocycles. The van der Waals surface area contributed by atoms with E-state index in [1.807, 2.05) is 0 Å². The molecule has 0 heterocycles. The van der Waals surface area contributed by atoms with Crippen molar-refractivity contribution in [1.29, 1.82) is 0 Å². The number of para-hydroxylation sites is 1. The Balaban J connectivity index is 0.00000169. The Bertz CT molecular complexity index is 323. The fourth-order valence-electron chi connectivity index (χ4n) is 0.859. The molecule has 0 aromatic heterocycles. The molecule has 0 aliphatic heterocycles. The molecule has 72 valence electrons. The van der Waals surface area contributed by atoms with E-state index in [9.17, 15) is 9.90 Å². The Morgan fingerprint density at radius 2 is 2.14 bits per heavy atom. The molecule has 0 radical (unpaired) electrons. The summed E-state index contributed by atoms with van der Waals surface area (Å²) in [5, 5.41) is 9.25. The fourth-order valence-corrected chi connectivity index (χ4v) is 0.859. The molecule has 4 heteroatoms. The van der Waals surface area contributed by atoms with Crippen LogP contribution in [0.5, 0.6) is 5.75 Å². The zero-order valence-corrected chi connectivity index (χ0v) is 7.06. The molecule has 0 fully saturated rings. The van der Waals surface area contributed by atoms with Gasteiger partial charge in [-0.05, 0) is 12.1 Å². The molecular formula is C10H12CaO3. The second kappa shape index (κ2) is 6.87. The first kappa shape index (κ1) is 13.5. The first-order chi connectivity index (χ1) is 6.25. The van der Waals surface area contributed by atoms with Crippen LogP contribution in [0.15, 0.2) is 36.9 Å². The van der Waals surface area contributed by atoms with Crippen molar-refractivity contribution in [1.82, 2.24) is 0 Å². The van der Waals surface area contributed by atoms with Gasteiger partial charge in [-0.25, -0.2) is 4.79 Å². The van der Waals surface area contributed by atoms with Gasteiger partial charge in [0.2, 0.25) is 0 Å². The van der Waals surface area contributed by atoms with E-state index in [1.165, 1.54) is 18.2 Å². The molecule has 14 heavy (non-hydrogen) atoms. The van der Waals surface area contributed by atoms with Crippen LogP contribution in [0.3, 0.4) is 0 Å². The molecule has 1 N–H and O–H groups in total. The average molecular weight is 220 g/mol. The zero-order valence-electron chi connectivity index (χ0n) is 7.06. The molecule has 1 rings (SSSR count). The molecule has 0 aliphatic carbocycles. The molecule has 0 unspecified atom stereocenters. The number of rotatable bonds is 3. The van der Waals surface area contributed by atoms with Gasteiger partial charge in [0.15, 0.2) is 0 Å². The van der Waals surface area contributed by atoms with Crippen molar-refractivity contribution in [2.75, 3.05) is 6.61 Å². The molecule has 0 aliphatic rings. The molecule has 0 spiro atoms. The normalized spacial score (nSPS) is 8.57. The number of phenolic OH excluding ortho intramolecular Hbond substituents is 1. The average Bonchev–Trinajstić information content (AvgIpc) is 2.15. The fraction of sp³-hybridized carbons (Fsp3) is 0.100. The summed E-state index contributed by atoms with van der Waals surface area (Å²) in [5.74, 6) is -0.616. The van der Waals surface area contributed by atoms with Crippen molar-refractivity contribution in [3.05, 3.63) is 42.5 Å². The van der Waals surface area contributed by atoms with Crippen LogP contribution in [0.2, 0.25) is 0 Å². The van der Waals surface area contributed by atoms with Crippen LogP contribution in [0.1, 0.15) is 10.4 Å². The number of carbonyl (C=O) groups excluding carboxylic acids is 1. The molecular weight excluding hydrogens is 208 g/mol. The maximum atomic E-state index is 11.2. The molecule has 0 amide bonds. The van der Waals surface area contributed by atoms with E-state index in [-0.39, 0.29) is 55.7 Å². The topological polar surface area (TPSA) is 46.5 Å². The zero-order chi connectivity index (χ0) is 9.68. The summed E-state index contributed by atoms with van der Waals surface area (Å²) in [6.45, 7) is 3.56. The third-order valence-electron chi connectivity index (χ3n) is 1.46. The third-order valence-corrected chi connectivity index (χ3v) is 1.46. The standard InChI is InChI=1S/C10H10O3.Ca.2H/c1-2-7-13-10(12)8-5-3-4-6-9(8)11;;;/h2-6,11H,1,7H2;;;. The van der Waals surface area contributed by atoms with Gasteiger partial charge in [0.05, 0.1) is 0 Å². The summed E-state index contributed by atoms with van der Waals surface area (Å²) >= 11 is 0. The number of aromatic hydroxyl groups is 1. The molecule has 3 nitrogen and oxygen atoms in total. The van der Waals surface area contributed by atoms with Crippen LogP contribution in [0.25, 0.3) is 0 Å². The van der Waals surface area contributed by atoms with Gasteiger partial charge in [0, 0.05) is 0 Å². The van der Waals surface area contributed by atoms with E-state index in [1.54, 1.807) is 12.1 Å². The monoisotopic (exact) mass is 220 g/mol. The molecule has 0 bridgehead atoms. The second-order valence-electron chi connectivity index (χ2n) is 2.40. The second-order valence-corrected chi connectivity index (χ2v) is 2.40. The van der Waals surface area contributed by atoms with E-state index in [0.717, 1.165) is 0 Å². The summed E-state index contributed by atoms with van der Waals surface area (Å²) in [5.41, 5.74) is 0.171. The summed E-state index contributed by atoms with van der Waals surface area (Å²) in [7, 11) is 0. The van der Waals surface area contributed by atoms with Gasteiger partial charge in [0.25, 0.3) is 0 Å². The summed E-state index contributed by atoms with van der Waals surface area (Å²) < 4.78 is 4.74. The van der Waals surface area contributed by atoms with Gasteiger partial charge in [0.1, 0.15) is 17.9 Å². The number of hydrogen-bond acceptors (Lipinski definition) is 3. The Labute approximate surface area is 112 Å². The first-order valence-corrected chi connectivity index (χ1v) is 3.81. The van der Waals surface area contributed by atoms with Gasteiger partial charge in [-0.2, -0.15) is 0 Å². The molecule has 0 saturated carbocycles. The van der Waals surface area contributed by atoms with Crippen LogP contribution < -0.4 is 0 Å². The van der Waals surface area contributed by atoms with Crippen molar-refractivity contribution < 1.29 is 14.6 Å². The van der Waals surface area contributed by atoms with Gasteiger partial charge >= 0.3 is 43.7 Å². The van der Waals surface area contributed by atoms with Crippen molar-refractivity contribution in [2.24, 2.45) is 0 Å². The number of esters is 1. The van der Waals surface area contributed by atoms with Crippen LogP contribution in [-0.2, 0) is 4.74 Å². The van der Waals surface area contributed by atoms with Crippen LogP contribution >= 0.6 is 0 Å². The van der Waals surface area contributed by atoms with E-state index in [2.05, 4.69) is 6.58 Å². The molecule has 0 atom stereocenters. The number of phenols is 1. The number of benzene rings is 1. The third kappa shape index (κ3) is 3.70. The van der Waals surface area contributed by atoms with Crippen molar-refractivity contribution in [3.8, 4) is 5.75 Å². The van der Waals surface area contributed by atoms with E-state index in [0.29, 0.717) is 0 Å². The molecule has 0 saturated heterocycles. The van der Waals surface area contributed by atoms with E-state index >= 15 is 0 Å². The van der Waals surface area contributed by atoms with Crippen molar-refractivity contribution in [3.63, 3.8) is 0 Å². The number of ether oxygens (including phenoxy) is 1. The predicted molar refractivity (Wildman–Crippen MR) is 57.1 cm³/mol. The predicted octanol–water partition coefficient (Wildman–Crippen LogP) is 0.819. The van der Waals surface area contributed by atoms with Gasteiger partial charge in [-0.1, -0.05) is 24.8 Å². The Morgan fingerprint density at radius 3 is 2.71 bits per heavy atom. The number of carbonyl (C=O) groups is 1. The molecule has 1 aromatic rings. The Hall–Kier alpha value is -0.510. The Kier molecular flexibility index (Phi) is 6.62. The quantitative estimate of drug-likeness (QED) is 0.466. The van der Waals surface area contributed by atoms with Crippen molar-refractivity contribution >= 4 is 43.7 Å². The maximum absolute atomic E-state index is 11.2. The van der Waals surface area contributed by atoms with Crippen LogP contribution in [0.4, 0.5) is 0 Å². The minimum absolute atomic E-state index is 0.